The van der Waals surface area contributed by atoms with E-state index in [0.717, 1.165) is 5.56 Å². The molecule has 5 nitrogen and oxygen atoms in total. The van der Waals surface area contributed by atoms with E-state index in [1.54, 1.807) is 11.0 Å². The van der Waals surface area contributed by atoms with Crippen LogP contribution < -0.4 is 0 Å². The standard InChI is InChI=1S/C15H16N2O3/c1-11(12-5-3-2-4-6-12)17-10-13(9-14(17)18)15(19)20-8-7-16/h2-6,11,13H,8-10H2,1H3/t11-,13-/m1/s1. The minimum atomic E-state index is -0.470. The molecule has 0 unspecified atom stereocenters. The zero-order valence-electron chi connectivity index (χ0n) is 11.3. The average molecular weight is 272 g/mol. The van der Waals surface area contributed by atoms with E-state index in [0.29, 0.717) is 6.54 Å². The number of amides is 1. The van der Waals surface area contributed by atoms with Crippen LogP contribution in [-0.2, 0) is 14.3 Å². The summed E-state index contributed by atoms with van der Waals surface area (Å²) in [5.74, 6) is -0.995. The Morgan fingerprint density at radius 2 is 2.20 bits per heavy atom. The monoisotopic (exact) mass is 272 g/mol. The maximum Gasteiger partial charge on any atom is 0.312 e. The van der Waals surface area contributed by atoms with Crippen molar-refractivity contribution in [2.45, 2.75) is 19.4 Å². The maximum atomic E-state index is 12.0. The summed E-state index contributed by atoms with van der Waals surface area (Å²) in [5.41, 5.74) is 1.03. The zero-order chi connectivity index (χ0) is 14.5. The van der Waals surface area contributed by atoms with Crippen LogP contribution in [0, 0.1) is 17.2 Å². The van der Waals surface area contributed by atoms with Crippen molar-refractivity contribution in [3.05, 3.63) is 35.9 Å². The van der Waals surface area contributed by atoms with Gasteiger partial charge >= 0.3 is 5.97 Å². The van der Waals surface area contributed by atoms with Crippen LogP contribution in [0.15, 0.2) is 30.3 Å². The molecule has 104 valence electrons. The third-order valence-electron chi connectivity index (χ3n) is 3.52. The Hall–Kier alpha value is -2.35. The molecule has 1 heterocycles. The largest absolute Gasteiger partial charge is 0.450 e. The Morgan fingerprint density at radius 1 is 1.50 bits per heavy atom. The van der Waals surface area contributed by atoms with Gasteiger partial charge in [-0.25, -0.2) is 0 Å². The molecule has 0 bridgehead atoms. The summed E-state index contributed by atoms with van der Waals surface area (Å²) < 4.78 is 4.78. The molecule has 5 heteroatoms. The van der Waals surface area contributed by atoms with Crippen LogP contribution in [-0.4, -0.2) is 29.9 Å². The number of esters is 1. The molecular weight excluding hydrogens is 256 g/mol. The van der Waals surface area contributed by atoms with Gasteiger partial charge in [0.25, 0.3) is 0 Å². The first kappa shape index (κ1) is 14.1. The van der Waals surface area contributed by atoms with Crippen LogP contribution in [0.3, 0.4) is 0 Å². The fourth-order valence-corrected chi connectivity index (χ4v) is 2.40. The minimum Gasteiger partial charge on any atom is -0.450 e. The predicted octanol–water partition coefficient (Wildman–Crippen LogP) is 1.66. The highest BCUT2D eigenvalue weighted by atomic mass is 16.5. The molecule has 0 saturated carbocycles. The van der Waals surface area contributed by atoms with E-state index >= 15 is 0 Å². The van der Waals surface area contributed by atoms with Crippen LogP contribution >= 0.6 is 0 Å². The Balaban J connectivity index is 2.03. The lowest BCUT2D eigenvalue weighted by Crippen LogP contribution is -2.29. The fraction of sp³-hybridized carbons (Fsp3) is 0.400. The fourth-order valence-electron chi connectivity index (χ4n) is 2.40. The zero-order valence-corrected chi connectivity index (χ0v) is 11.3. The lowest BCUT2D eigenvalue weighted by Gasteiger charge is -2.25. The molecule has 0 N–H and O–H groups in total. The van der Waals surface area contributed by atoms with Crippen LogP contribution in [0.1, 0.15) is 24.9 Å². The first-order chi connectivity index (χ1) is 9.63. The number of benzene rings is 1. The van der Waals surface area contributed by atoms with Crippen molar-refractivity contribution in [3.63, 3.8) is 0 Å². The van der Waals surface area contributed by atoms with Crippen LogP contribution in [0.2, 0.25) is 0 Å². The lowest BCUT2D eigenvalue weighted by atomic mass is 10.1. The third kappa shape index (κ3) is 2.97. The van der Waals surface area contributed by atoms with Gasteiger partial charge in [-0.05, 0) is 12.5 Å². The van der Waals surface area contributed by atoms with Crippen molar-refractivity contribution >= 4 is 11.9 Å². The first-order valence-corrected chi connectivity index (χ1v) is 6.51. The van der Waals surface area contributed by atoms with Crippen molar-refractivity contribution in [1.82, 2.24) is 4.90 Å². The van der Waals surface area contributed by atoms with Gasteiger partial charge in [0.1, 0.15) is 6.07 Å². The second-order valence-corrected chi connectivity index (χ2v) is 4.80. The molecule has 0 aliphatic carbocycles. The maximum absolute atomic E-state index is 12.0. The molecule has 0 radical (unpaired) electrons. The lowest BCUT2D eigenvalue weighted by molar-refractivity contribution is -0.146. The summed E-state index contributed by atoms with van der Waals surface area (Å²) >= 11 is 0. The van der Waals surface area contributed by atoms with Crippen molar-refractivity contribution in [2.75, 3.05) is 13.2 Å². The van der Waals surface area contributed by atoms with E-state index in [1.165, 1.54) is 0 Å². The van der Waals surface area contributed by atoms with Gasteiger partial charge in [0.2, 0.25) is 5.91 Å². The molecule has 1 fully saturated rings. The molecule has 1 aliphatic rings. The average Bonchev–Trinajstić information content (AvgIpc) is 2.87. The van der Waals surface area contributed by atoms with Gasteiger partial charge in [-0.2, -0.15) is 5.26 Å². The number of nitrogens with zero attached hydrogens (tertiary/aromatic N) is 2. The summed E-state index contributed by atoms with van der Waals surface area (Å²) in [5, 5.41) is 8.39. The Bertz CT molecular complexity index is 536. The van der Waals surface area contributed by atoms with Crippen molar-refractivity contribution in [3.8, 4) is 6.07 Å². The number of likely N-dealkylation sites (tertiary alicyclic amines) is 1. The van der Waals surface area contributed by atoms with E-state index in [2.05, 4.69) is 0 Å². The summed E-state index contributed by atoms with van der Waals surface area (Å²) in [6.07, 6.45) is 0.154. The molecule has 2 rings (SSSR count). The van der Waals surface area contributed by atoms with Crippen LogP contribution in [0.5, 0.6) is 0 Å². The summed E-state index contributed by atoms with van der Waals surface area (Å²) in [7, 11) is 0. The van der Waals surface area contributed by atoms with Gasteiger partial charge in [-0.1, -0.05) is 30.3 Å². The predicted molar refractivity (Wildman–Crippen MR) is 71.2 cm³/mol. The minimum absolute atomic E-state index is 0.0553. The first-order valence-electron chi connectivity index (χ1n) is 6.51. The molecule has 2 atom stereocenters. The number of hydrogen-bond donors (Lipinski definition) is 0. The number of rotatable bonds is 4. The Morgan fingerprint density at radius 3 is 2.85 bits per heavy atom. The highest BCUT2D eigenvalue weighted by Gasteiger charge is 2.37. The quantitative estimate of drug-likeness (QED) is 0.782. The third-order valence-corrected chi connectivity index (χ3v) is 3.52. The summed E-state index contributed by atoms with van der Waals surface area (Å²) in [4.78, 5) is 25.4. The van der Waals surface area contributed by atoms with E-state index in [4.69, 9.17) is 10.00 Å². The Labute approximate surface area is 117 Å². The van der Waals surface area contributed by atoms with Crippen molar-refractivity contribution < 1.29 is 14.3 Å². The molecular formula is C15H16N2O3. The van der Waals surface area contributed by atoms with E-state index in [1.807, 2.05) is 37.3 Å². The van der Waals surface area contributed by atoms with Gasteiger partial charge in [-0.3, -0.25) is 9.59 Å². The molecule has 1 saturated heterocycles. The van der Waals surface area contributed by atoms with E-state index < -0.39 is 11.9 Å². The highest BCUT2D eigenvalue weighted by Crippen LogP contribution is 2.28. The molecule has 0 spiro atoms. The molecule has 1 aromatic rings. The number of nitriles is 1. The molecule has 1 aliphatic heterocycles. The molecule has 0 aromatic heterocycles. The van der Waals surface area contributed by atoms with Gasteiger partial charge in [0.05, 0.1) is 12.0 Å². The van der Waals surface area contributed by atoms with Crippen LogP contribution in [0.4, 0.5) is 0 Å². The van der Waals surface area contributed by atoms with Gasteiger partial charge < -0.3 is 9.64 Å². The van der Waals surface area contributed by atoms with Gasteiger partial charge in [-0.15, -0.1) is 0 Å². The second-order valence-electron chi connectivity index (χ2n) is 4.80. The smallest absolute Gasteiger partial charge is 0.312 e. The van der Waals surface area contributed by atoms with Crippen LogP contribution in [0.25, 0.3) is 0 Å². The molecule has 20 heavy (non-hydrogen) atoms. The summed E-state index contributed by atoms with van der Waals surface area (Å²) in [6.45, 7) is 2.02. The highest BCUT2D eigenvalue weighted by molar-refractivity contribution is 5.87. The van der Waals surface area contributed by atoms with Crippen molar-refractivity contribution in [1.29, 1.82) is 5.26 Å². The number of carbonyl (C=O) groups excluding carboxylic acids is 2. The van der Waals surface area contributed by atoms with E-state index in [9.17, 15) is 9.59 Å². The van der Waals surface area contributed by atoms with Gasteiger partial charge in [0.15, 0.2) is 6.61 Å². The summed E-state index contributed by atoms with van der Waals surface area (Å²) in [6, 6.07) is 11.4. The topological polar surface area (TPSA) is 70.4 Å². The second kappa shape index (κ2) is 6.20. The SMILES string of the molecule is C[C@H](c1ccccc1)N1C[C@H](C(=O)OCC#N)CC1=O. The number of hydrogen-bond acceptors (Lipinski definition) is 4. The van der Waals surface area contributed by atoms with Gasteiger partial charge in [0, 0.05) is 13.0 Å². The molecule has 1 aromatic carbocycles. The number of carbonyl (C=O) groups is 2. The van der Waals surface area contributed by atoms with E-state index in [-0.39, 0.29) is 25.0 Å². The van der Waals surface area contributed by atoms with Crippen molar-refractivity contribution in [2.24, 2.45) is 5.92 Å². The Kier molecular flexibility index (Phi) is 4.36. The normalized spacial score (nSPS) is 19.5. The molecule has 1 amide bonds. The number of ether oxygens (including phenoxy) is 1.